The van der Waals surface area contributed by atoms with Gasteiger partial charge >= 0.3 is 0 Å². The molecule has 3 N–H and O–H groups in total. The van der Waals surface area contributed by atoms with Crippen LogP contribution in [-0.2, 0) is 10.0 Å². The SMILES string of the molecule is CNS(=O)(=O)c1cc(N)ccc1Oc1ccc(Cl)cc1. The summed E-state index contributed by atoms with van der Waals surface area (Å²) in [5.41, 5.74) is 5.96. The van der Waals surface area contributed by atoms with Crippen LogP contribution in [0.15, 0.2) is 47.4 Å². The van der Waals surface area contributed by atoms with Gasteiger partial charge in [-0.15, -0.1) is 0 Å². The molecule has 0 heterocycles. The zero-order chi connectivity index (χ0) is 14.8. The molecule has 20 heavy (non-hydrogen) atoms. The Bertz CT molecular complexity index is 715. The van der Waals surface area contributed by atoms with Crippen molar-refractivity contribution in [2.75, 3.05) is 12.8 Å². The van der Waals surface area contributed by atoms with Crippen LogP contribution in [0.5, 0.6) is 11.5 Å². The van der Waals surface area contributed by atoms with Crippen LogP contribution in [0.3, 0.4) is 0 Å². The van der Waals surface area contributed by atoms with Crippen LogP contribution in [0, 0.1) is 0 Å². The molecule has 2 aromatic rings. The minimum Gasteiger partial charge on any atom is -0.456 e. The molecule has 5 nitrogen and oxygen atoms in total. The minimum atomic E-state index is -3.66. The van der Waals surface area contributed by atoms with Crippen molar-refractivity contribution in [3.63, 3.8) is 0 Å². The van der Waals surface area contributed by atoms with Crippen molar-refractivity contribution in [1.29, 1.82) is 0 Å². The highest BCUT2D eigenvalue weighted by atomic mass is 35.5. The van der Waals surface area contributed by atoms with Crippen LogP contribution >= 0.6 is 11.6 Å². The monoisotopic (exact) mass is 312 g/mol. The number of benzene rings is 2. The van der Waals surface area contributed by atoms with Gasteiger partial charge < -0.3 is 10.5 Å². The van der Waals surface area contributed by atoms with Crippen molar-refractivity contribution in [1.82, 2.24) is 4.72 Å². The van der Waals surface area contributed by atoms with Crippen molar-refractivity contribution < 1.29 is 13.2 Å². The summed E-state index contributed by atoms with van der Waals surface area (Å²) in [5, 5.41) is 0.567. The van der Waals surface area contributed by atoms with E-state index in [0.717, 1.165) is 0 Å². The molecule has 0 aliphatic rings. The van der Waals surface area contributed by atoms with Crippen LogP contribution < -0.4 is 15.2 Å². The van der Waals surface area contributed by atoms with E-state index in [1.807, 2.05) is 0 Å². The van der Waals surface area contributed by atoms with E-state index < -0.39 is 10.0 Å². The first-order valence-electron chi connectivity index (χ1n) is 5.69. The molecular formula is C13H13ClN2O3S. The van der Waals surface area contributed by atoms with Gasteiger partial charge in [0, 0.05) is 10.7 Å². The standard InChI is InChI=1S/C13H13ClN2O3S/c1-16-20(17,18)13-8-10(15)4-7-12(13)19-11-5-2-9(14)3-6-11/h2-8,16H,15H2,1H3. The van der Waals surface area contributed by atoms with Crippen molar-refractivity contribution in [2.24, 2.45) is 0 Å². The van der Waals surface area contributed by atoms with Gasteiger partial charge in [0.2, 0.25) is 10.0 Å². The third-order valence-electron chi connectivity index (χ3n) is 2.57. The quantitative estimate of drug-likeness (QED) is 0.850. The number of hydrogen-bond donors (Lipinski definition) is 2. The van der Waals surface area contributed by atoms with Gasteiger partial charge in [0.05, 0.1) is 0 Å². The Labute approximate surface area is 122 Å². The van der Waals surface area contributed by atoms with E-state index in [1.165, 1.54) is 19.2 Å². The summed E-state index contributed by atoms with van der Waals surface area (Å²) >= 11 is 5.78. The molecule has 2 rings (SSSR count). The lowest BCUT2D eigenvalue weighted by atomic mass is 10.3. The normalized spacial score (nSPS) is 11.3. The summed E-state index contributed by atoms with van der Waals surface area (Å²) in [7, 11) is -2.34. The molecule has 0 saturated heterocycles. The molecule has 0 fully saturated rings. The van der Waals surface area contributed by atoms with Crippen molar-refractivity contribution in [3.05, 3.63) is 47.5 Å². The minimum absolute atomic E-state index is 0.0186. The molecule has 0 radical (unpaired) electrons. The first kappa shape index (κ1) is 14.6. The molecule has 106 valence electrons. The predicted molar refractivity (Wildman–Crippen MR) is 78.6 cm³/mol. The van der Waals surface area contributed by atoms with E-state index in [4.69, 9.17) is 22.1 Å². The van der Waals surface area contributed by atoms with Crippen LogP contribution in [0.2, 0.25) is 5.02 Å². The summed E-state index contributed by atoms with van der Waals surface area (Å²) in [6.45, 7) is 0. The van der Waals surface area contributed by atoms with Gasteiger partial charge in [-0.3, -0.25) is 0 Å². The number of nitrogens with one attached hydrogen (secondary N) is 1. The van der Waals surface area contributed by atoms with E-state index in [1.54, 1.807) is 30.3 Å². The maximum Gasteiger partial charge on any atom is 0.244 e. The zero-order valence-corrected chi connectivity index (χ0v) is 12.2. The first-order valence-corrected chi connectivity index (χ1v) is 7.55. The second-order valence-electron chi connectivity index (χ2n) is 3.97. The lowest BCUT2D eigenvalue weighted by Gasteiger charge is -2.12. The maximum atomic E-state index is 12.0. The first-order chi connectivity index (χ1) is 9.42. The Balaban J connectivity index is 2.44. The average molecular weight is 313 g/mol. The Morgan fingerprint density at radius 2 is 1.80 bits per heavy atom. The van der Waals surface area contributed by atoms with Gasteiger partial charge in [0.25, 0.3) is 0 Å². The van der Waals surface area contributed by atoms with E-state index >= 15 is 0 Å². The van der Waals surface area contributed by atoms with Crippen molar-refractivity contribution in [2.45, 2.75) is 4.90 Å². The highest BCUT2D eigenvalue weighted by Gasteiger charge is 2.18. The molecule has 0 bridgehead atoms. The third-order valence-corrected chi connectivity index (χ3v) is 4.25. The molecule has 0 spiro atoms. The predicted octanol–water partition coefficient (Wildman–Crippen LogP) is 2.62. The van der Waals surface area contributed by atoms with Crippen LogP contribution in [-0.4, -0.2) is 15.5 Å². The van der Waals surface area contributed by atoms with Gasteiger partial charge in [0.15, 0.2) is 0 Å². The Morgan fingerprint density at radius 1 is 1.15 bits per heavy atom. The van der Waals surface area contributed by atoms with Gasteiger partial charge in [-0.2, -0.15) is 0 Å². The van der Waals surface area contributed by atoms with Crippen molar-refractivity contribution >= 4 is 27.3 Å². The summed E-state index contributed by atoms with van der Waals surface area (Å²) in [6, 6.07) is 11.0. The second kappa shape index (κ2) is 5.70. The average Bonchev–Trinajstić information content (AvgIpc) is 2.43. The fourth-order valence-corrected chi connectivity index (χ4v) is 2.57. The van der Waals surface area contributed by atoms with E-state index in [2.05, 4.69) is 4.72 Å². The van der Waals surface area contributed by atoms with Crippen molar-refractivity contribution in [3.8, 4) is 11.5 Å². The molecule has 0 aliphatic heterocycles. The number of anilines is 1. The third kappa shape index (κ3) is 3.22. The maximum absolute atomic E-state index is 12.0. The Hall–Kier alpha value is -1.76. The fourth-order valence-electron chi connectivity index (χ4n) is 1.56. The Kier molecular flexibility index (Phi) is 4.17. The number of ether oxygens (including phenoxy) is 1. The summed E-state index contributed by atoms with van der Waals surface area (Å²) in [6.07, 6.45) is 0. The molecule has 2 aromatic carbocycles. The highest BCUT2D eigenvalue weighted by molar-refractivity contribution is 7.89. The van der Waals surface area contributed by atoms with E-state index in [9.17, 15) is 8.42 Å². The second-order valence-corrected chi connectivity index (χ2v) is 6.26. The number of halogens is 1. The van der Waals surface area contributed by atoms with Gasteiger partial charge in [0.1, 0.15) is 16.4 Å². The largest absolute Gasteiger partial charge is 0.456 e. The summed E-state index contributed by atoms with van der Waals surface area (Å²) in [4.78, 5) is -0.0186. The Morgan fingerprint density at radius 3 is 2.40 bits per heavy atom. The number of hydrogen-bond acceptors (Lipinski definition) is 4. The molecule has 0 aromatic heterocycles. The lowest BCUT2D eigenvalue weighted by molar-refractivity contribution is 0.467. The van der Waals surface area contributed by atoms with Gasteiger partial charge in [-0.05, 0) is 49.5 Å². The van der Waals surface area contributed by atoms with Crippen LogP contribution in [0.4, 0.5) is 5.69 Å². The summed E-state index contributed by atoms with van der Waals surface area (Å²) in [5.74, 6) is 0.669. The smallest absolute Gasteiger partial charge is 0.244 e. The zero-order valence-electron chi connectivity index (χ0n) is 10.6. The van der Waals surface area contributed by atoms with Crippen LogP contribution in [0.1, 0.15) is 0 Å². The molecule has 0 atom stereocenters. The lowest BCUT2D eigenvalue weighted by Crippen LogP contribution is -2.19. The number of nitrogen functional groups attached to an aromatic ring is 1. The topological polar surface area (TPSA) is 81.4 Å². The fraction of sp³-hybridized carbons (Fsp3) is 0.0769. The molecule has 0 amide bonds. The molecule has 7 heteroatoms. The molecular weight excluding hydrogens is 300 g/mol. The van der Waals surface area contributed by atoms with Gasteiger partial charge in [-0.25, -0.2) is 13.1 Å². The number of nitrogens with two attached hydrogens (primary N) is 1. The summed E-state index contributed by atoms with van der Waals surface area (Å²) < 4.78 is 31.7. The van der Waals surface area contributed by atoms with Crippen LogP contribution in [0.25, 0.3) is 0 Å². The molecule has 0 saturated carbocycles. The highest BCUT2D eigenvalue weighted by Crippen LogP contribution is 2.30. The number of rotatable bonds is 4. The molecule has 0 aliphatic carbocycles. The molecule has 0 unspecified atom stereocenters. The number of sulfonamides is 1. The van der Waals surface area contributed by atoms with E-state index in [0.29, 0.717) is 16.5 Å². The van der Waals surface area contributed by atoms with Gasteiger partial charge in [-0.1, -0.05) is 11.6 Å². The van der Waals surface area contributed by atoms with E-state index in [-0.39, 0.29) is 10.6 Å².